The zero-order valence-electron chi connectivity index (χ0n) is 26.1. The number of fused-ring (bicyclic) bond motifs is 1. The van der Waals surface area contributed by atoms with Crippen molar-refractivity contribution in [3.05, 3.63) is 46.8 Å². The number of thiophene rings is 1. The minimum Gasteiger partial charge on any atom is -0.488 e. The van der Waals surface area contributed by atoms with E-state index < -0.39 is 32.0 Å². The van der Waals surface area contributed by atoms with Crippen molar-refractivity contribution in [3.63, 3.8) is 0 Å². The molecule has 2 atom stereocenters. The normalized spacial score (nSPS) is 21.5. The first-order chi connectivity index (χ1) is 21.9. The molecule has 2 unspecified atom stereocenters. The Morgan fingerprint density at radius 3 is 2.57 bits per heavy atom. The summed E-state index contributed by atoms with van der Waals surface area (Å²) >= 11 is 1.21. The third-order valence-corrected chi connectivity index (χ3v) is 11.5. The molecule has 2 aliphatic heterocycles. The van der Waals surface area contributed by atoms with E-state index in [9.17, 15) is 17.7 Å². The number of benzene rings is 2. The van der Waals surface area contributed by atoms with Crippen molar-refractivity contribution in [2.45, 2.75) is 69.1 Å². The minimum absolute atomic E-state index is 0.133. The van der Waals surface area contributed by atoms with Crippen molar-refractivity contribution >= 4 is 45.2 Å². The molecule has 2 aromatic carbocycles. The number of nitrogens with zero attached hydrogens (tertiary/aromatic N) is 1. The molecule has 0 spiro atoms. The number of rotatable bonds is 9. The highest BCUT2D eigenvalue weighted by molar-refractivity contribution is 7.70. The maximum Gasteiger partial charge on any atom is 0.393 e. The van der Waals surface area contributed by atoms with Gasteiger partial charge in [-0.05, 0) is 80.6 Å². The third kappa shape index (κ3) is 8.20. The van der Waals surface area contributed by atoms with E-state index in [1.165, 1.54) is 11.3 Å². The van der Waals surface area contributed by atoms with E-state index >= 15 is 4.39 Å². The van der Waals surface area contributed by atoms with Gasteiger partial charge in [-0.25, -0.2) is 4.39 Å². The Hall–Kier alpha value is -2.77. The van der Waals surface area contributed by atoms with Crippen LogP contribution in [0.3, 0.4) is 0 Å². The number of nitrogens with one attached hydrogen (secondary N) is 2. The molecule has 0 bridgehead atoms. The molecule has 1 saturated carbocycles. The van der Waals surface area contributed by atoms with Crippen LogP contribution in [0, 0.1) is 11.8 Å². The van der Waals surface area contributed by atoms with Gasteiger partial charge in [-0.2, -0.15) is 13.2 Å². The zero-order chi connectivity index (χ0) is 32.5. The van der Waals surface area contributed by atoms with Crippen LogP contribution in [0.2, 0.25) is 0 Å². The Morgan fingerprint density at radius 1 is 1.09 bits per heavy atom. The van der Waals surface area contributed by atoms with Crippen LogP contribution in [0.15, 0.2) is 36.4 Å². The van der Waals surface area contributed by atoms with Gasteiger partial charge < -0.3 is 24.7 Å². The number of hydrogen-bond donors (Lipinski definition) is 2. The molecular weight excluding hydrogens is 637 g/mol. The van der Waals surface area contributed by atoms with Crippen LogP contribution in [0.25, 0.3) is 10.1 Å². The standard InChI is InChI=1S/C34H40F4N3O3PS/c1-45(2,42)24-10-11-29(31(19-24)44-23-8-9-23)39-15-4-7-32-26(20-34(36,37)38)25-5-3-6-30(33(25)46-32)40-28-12-16-41(21-27(28)35)22-13-17-43-18-14-22/h3,5-6,10-11,19,22-23,27-28,39-40H,8-9,12-18,20-21H2,1-2H3. The number of ether oxygens (including phenoxy) is 2. The predicted molar refractivity (Wildman–Crippen MR) is 178 cm³/mol. The van der Waals surface area contributed by atoms with Gasteiger partial charge in [0.15, 0.2) is 0 Å². The van der Waals surface area contributed by atoms with Crippen molar-refractivity contribution < 1.29 is 31.6 Å². The largest absolute Gasteiger partial charge is 0.488 e. The lowest BCUT2D eigenvalue weighted by molar-refractivity contribution is -0.126. The average molecular weight is 678 g/mol. The van der Waals surface area contributed by atoms with Crippen LogP contribution < -0.4 is 20.7 Å². The van der Waals surface area contributed by atoms with Gasteiger partial charge in [0.05, 0.1) is 46.1 Å². The second-order valence-corrected chi connectivity index (χ2v) is 17.0. The SMILES string of the molecule is CP(C)(=O)c1ccc(NCC#Cc2sc3c(NC4CCN(C5CCOCC5)CC4F)cccc3c2CC(F)(F)F)c(OC2CC2)c1. The highest BCUT2D eigenvalue weighted by Crippen LogP contribution is 2.41. The summed E-state index contributed by atoms with van der Waals surface area (Å²) in [4.78, 5) is 2.55. The maximum atomic E-state index is 15.4. The van der Waals surface area contributed by atoms with Crippen LogP contribution in [-0.2, 0) is 15.7 Å². The summed E-state index contributed by atoms with van der Waals surface area (Å²) in [5.41, 5.74) is 1.47. The van der Waals surface area contributed by atoms with Crippen LogP contribution in [0.5, 0.6) is 5.75 Å². The molecule has 3 aliphatic rings. The second-order valence-electron chi connectivity index (χ2n) is 12.8. The topological polar surface area (TPSA) is 62.8 Å². The molecule has 6 rings (SSSR count). The summed E-state index contributed by atoms with van der Waals surface area (Å²) in [6.45, 7) is 6.09. The number of halogens is 4. The number of anilines is 2. The van der Waals surface area contributed by atoms with Crippen LogP contribution in [0.4, 0.5) is 28.9 Å². The Kier molecular flexibility index (Phi) is 9.91. The van der Waals surface area contributed by atoms with Crippen molar-refractivity contribution in [2.75, 3.05) is 56.8 Å². The summed E-state index contributed by atoms with van der Waals surface area (Å²) in [6, 6.07) is 10.5. The number of piperidine rings is 1. The number of hydrogen-bond acceptors (Lipinski definition) is 7. The third-order valence-electron chi connectivity index (χ3n) is 8.79. The van der Waals surface area contributed by atoms with Crippen molar-refractivity contribution in [1.29, 1.82) is 0 Å². The minimum atomic E-state index is -4.41. The fraction of sp³-hybridized carbons (Fsp3) is 0.529. The molecule has 1 aromatic heterocycles. The summed E-state index contributed by atoms with van der Waals surface area (Å²) in [6.07, 6.45) is -2.14. The molecule has 1 aliphatic carbocycles. The van der Waals surface area contributed by atoms with E-state index in [1.807, 2.05) is 12.1 Å². The fourth-order valence-electron chi connectivity index (χ4n) is 6.15. The molecule has 3 aromatic rings. The molecular formula is C34H40F4N3O3PS. The van der Waals surface area contributed by atoms with Crippen LogP contribution in [0.1, 0.15) is 42.5 Å². The van der Waals surface area contributed by atoms with Crippen LogP contribution >= 0.6 is 18.5 Å². The van der Waals surface area contributed by atoms with Gasteiger partial charge in [-0.3, -0.25) is 4.90 Å². The maximum absolute atomic E-state index is 15.4. The summed E-state index contributed by atoms with van der Waals surface area (Å²) in [7, 11) is -2.48. The van der Waals surface area contributed by atoms with Crippen LogP contribution in [-0.4, -0.2) is 81.6 Å². The van der Waals surface area contributed by atoms with Gasteiger partial charge >= 0.3 is 6.18 Å². The molecule has 6 nitrogen and oxygen atoms in total. The first-order valence-electron chi connectivity index (χ1n) is 15.9. The molecule has 248 valence electrons. The first kappa shape index (κ1) is 33.1. The summed E-state index contributed by atoms with van der Waals surface area (Å²) < 4.78 is 81.5. The van der Waals surface area contributed by atoms with Crippen molar-refractivity contribution in [3.8, 4) is 17.6 Å². The lowest BCUT2D eigenvalue weighted by atomic mass is 9.98. The Morgan fingerprint density at radius 2 is 1.87 bits per heavy atom. The molecule has 3 heterocycles. The summed E-state index contributed by atoms with van der Waals surface area (Å²) in [5, 5.41) is 7.77. The van der Waals surface area contributed by atoms with E-state index in [-0.39, 0.29) is 18.2 Å². The van der Waals surface area contributed by atoms with Gasteiger partial charge in [-0.15, -0.1) is 11.3 Å². The lowest BCUT2D eigenvalue weighted by Gasteiger charge is -2.41. The Bertz CT molecular complexity index is 1650. The van der Waals surface area contributed by atoms with E-state index in [0.717, 1.165) is 37.5 Å². The van der Waals surface area contributed by atoms with E-state index in [1.54, 1.807) is 37.6 Å². The molecule has 12 heteroatoms. The molecule has 3 fully saturated rings. The molecule has 46 heavy (non-hydrogen) atoms. The first-order valence-corrected chi connectivity index (χ1v) is 19.3. The highest BCUT2D eigenvalue weighted by Gasteiger charge is 2.35. The van der Waals surface area contributed by atoms with Gasteiger partial charge in [0, 0.05) is 37.6 Å². The number of alkyl halides is 4. The lowest BCUT2D eigenvalue weighted by Crippen LogP contribution is -2.52. The smallest absolute Gasteiger partial charge is 0.393 e. The predicted octanol–water partition coefficient (Wildman–Crippen LogP) is 7.26. The van der Waals surface area contributed by atoms with Gasteiger partial charge in [0.25, 0.3) is 0 Å². The Labute approximate surface area is 271 Å². The van der Waals surface area contributed by atoms with Crippen molar-refractivity contribution in [1.82, 2.24) is 4.90 Å². The molecule has 0 amide bonds. The molecule has 2 saturated heterocycles. The Balaban J connectivity index is 1.20. The molecule has 0 radical (unpaired) electrons. The highest BCUT2D eigenvalue weighted by atomic mass is 32.1. The quantitative estimate of drug-likeness (QED) is 0.141. The van der Waals surface area contributed by atoms with Crippen molar-refractivity contribution in [2.24, 2.45) is 0 Å². The second kappa shape index (κ2) is 13.8. The van der Waals surface area contributed by atoms with Gasteiger partial charge in [0.2, 0.25) is 0 Å². The van der Waals surface area contributed by atoms with Gasteiger partial charge in [0.1, 0.15) is 19.1 Å². The number of likely N-dealkylation sites (tertiary alicyclic amines) is 1. The zero-order valence-corrected chi connectivity index (χ0v) is 27.8. The van der Waals surface area contributed by atoms with E-state index in [0.29, 0.717) is 64.3 Å². The van der Waals surface area contributed by atoms with E-state index in [2.05, 4.69) is 27.4 Å². The average Bonchev–Trinajstić information content (AvgIpc) is 3.76. The fourth-order valence-corrected chi connectivity index (χ4v) is 8.19. The van der Waals surface area contributed by atoms with E-state index in [4.69, 9.17) is 9.47 Å². The van der Waals surface area contributed by atoms with Gasteiger partial charge in [-0.1, -0.05) is 24.0 Å². The monoisotopic (exact) mass is 677 g/mol. The summed E-state index contributed by atoms with van der Waals surface area (Å²) in [5.74, 6) is 6.59. The molecule has 2 N–H and O–H groups in total.